The Kier molecular flexibility index (Phi) is 5.10. The van der Waals surface area contributed by atoms with Crippen molar-refractivity contribution in [3.8, 4) is 0 Å². The average molecular weight is 292 g/mol. The van der Waals surface area contributed by atoms with E-state index in [4.69, 9.17) is 5.10 Å². The van der Waals surface area contributed by atoms with Crippen LogP contribution in [0.2, 0.25) is 0 Å². The van der Waals surface area contributed by atoms with Crippen LogP contribution in [0.4, 0.5) is 0 Å². The Hall–Kier alpha value is -0.870. The van der Waals surface area contributed by atoms with Crippen LogP contribution >= 0.6 is 0 Å². The minimum Gasteiger partial charge on any atom is -0.311 e. The summed E-state index contributed by atoms with van der Waals surface area (Å²) in [6.45, 7) is 16.7. The van der Waals surface area contributed by atoms with Gasteiger partial charge in [-0.2, -0.15) is 5.10 Å². The molecule has 1 aromatic heterocycles. The van der Waals surface area contributed by atoms with Crippen LogP contribution in [0.1, 0.15) is 59.7 Å². The Morgan fingerprint density at radius 2 is 2.10 bits per heavy atom. The summed E-state index contributed by atoms with van der Waals surface area (Å²) in [7, 11) is 0. The van der Waals surface area contributed by atoms with Gasteiger partial charge in [-0.1, -0.05) is 20.8 Å². The van der Waals surface area contributed by atoms with Crippen molar-refractivity contribution in [2.24, 2.45) is 5.92 Å². The van der Waals surface area contributed by atoms with Crippen molar-refractivity contribution in [1.82, 2.24) is 20.0 Å². The van der Waals surface area contributed by atoms with Crippen molar-refractivity contribution in [2.45, 2.75) is 72.1 Å². The molecule has 4 nitrogen and oxygen atoms in total. The zero-order chi connectivity index (χ0) is 15.6. The molecule has 0 radical (unpaired) electrons. The summed E-state index contributed by atoms with van der Waals surface area (Å²) in [5, 5.41) is 8.46. The fraction of sp³-hybridized carbons (Fsp3) is 0.824. The molecule has 21 heavy (non-hydrogen) atoms. The lowest BCUT2D eigenvalue weighted by atomic mass is 9.89. The van der Waals surface area contributed by atoms with Gasteiger partial charge in [0.1, 0.15) is 0 Å². The summed E-state index contributed by atoms with van der Waals surface area (Å²) in [5.74, 6) is 0.669. The predicted molar refractivity (Wildman–Crippen MR) is 88.3 cm³/mol. The van der Waals surface area contributed by atoms with Gasteiger partial charge in [0.25, 0.3) is 0 Å². The summed E-state index contributed by atoms with van der Waals surface area (Å²) in [6, 6.07) is 3.18. The molecular formula is C17H32N4. The van der Waals surface area contributed by atoms with Crippen molar-refractivity contribution in [3.63, 3.8) is 0 Å². The molecule has 4 heteroatoms. The van der Waals surface area contributed by atoms with Crippen molar-refractivity contribution in [1.29, 1.82) is 0 Å². The Morgan fingerprint density at radius 3 is 2.62 bits per heavy atom. The lowest BCUT2D eigenvalue weighted by Gasteiger charge is -2.48. The fourth-order valence-electron chi connectivity index (χ4n) is 2.98. The maximum absolute atomic E-state index is 4.73. The minimum atomic E-state index is 0.229. The molecule has 1 aromatic rings. The van der Waals surface area contributed by atoms with Crippen molar-refractivity contribution in [3.05, 3.63) is 18.0 Å². The highest BCUT2D eigenvalue weighted by Gasteiger charge is 2.37. The van der Waals surface area contributed by atoms with Gasteiger partial charge in [-0.25, -0.2) is 0 Å². The van der Waals surface area contributed by atoms with Crippen molar-refractivity contribution >= 4 is 0 Å². The molecule has 1 saturated heterocycles. The van der Waals surface area contributed by atoms with Crippen LogP contribution in [0.15, 0.2) is 12.3 Å². The van der Waals surface area contributed by atoms with E-state index in [2.05, 4.69) is 68.7 Å². The van der Waals surface area contributed by atoms with E-state index in [1.54, 1.807) is 0 Å². The molecule has 1 fully saturated rings. The zero-order valence-corrected chi connectivity index (χ0v) is 14.6. The monoisotopic (exact) mass is 292 g/mol. The van der Waals surface area contributed by atoms with E-state index in [9.17, 15) is 0 Å². The third-order valence-electron chi connectivity index (χ3n) is 5.04. The third-order valence-corrected chi connectivity index (χ3v) is 5.04. The molecule has 0 aromatic carbocycles. The SMILES string of the molecule is CCC1(C)CNC(C(C)C)CN1Cc1ccn(C(C)C)n1. The van der Waals surface area contributed by atoms with Crippen LogP contribution in [-0.4, -0.2) is 39.4 Å². The number of hydrogen-bond donors (Lipinski definition) is 1. The second-order valence-electron chi connectivity index (χ2n) is 7.34. The minimum absolute atomic E-state index is 0.229. The van der Waals surface area contributed by atoms with Crippen LogP contribution in [0.5, 0.6) is 0 Å². The van der Waals surface area contributed by atoms with Gasteiger partial charge in [-0.3, -0.25) is 9.58 Å². The van der Waals surface area contributed by atoms with E-state index in [1.165, 1.54) is 5.69 Å². The van der Waals surface area contributed by atoms with Gasteiger partial charge in [0, 0.05) is 43.5 Å². The third kappa shape index (κ3) is 3.67. The van der Waals surface area contributed by atoms with E-state index >= 15 is 0 Å². The second-order valence-corrected chi connectivity index (χ2v) is 7.34. The highest BCUT2D eigenvalue weighted by molar-refractivity contribution is 5.04. The first-order valence-corrected chi connectivity index (χ1v) is 8.38. The van der Waals surface area contributed by atoms with E-state index in [0.29, 0.717) is 18.0 Å². The van der Waals surface area contributed by atoms with Gasteiger partial charge in [0.15, 0.2) is 0 Å². The van der Waals surface area contributed by atoms with Gasteiger partial charge in [0.05, 0.1) is 5.69 Å². The first-order valence-electron chi connectivity index (χ1n) is 8.38. The summed E-state index contributed by atoms with van der Waals surface area (Å²) in [6.07, 6.45) is 3.26. The van der Waals surface area contributed by atoms with Crippen LogP contribution in [0.3, 0.4) is 0 Å². The Bertz CT molecular complexity index is 451. The summed E-state index contributed by atoms with van der Waals surface area (Å²) >= 11 is 0. The quantitative estimate of drug-likeness (QED) is 0.905. The summed E-state index contributed by atoms with van der Waals surface area (Å²) in [5.41, 5.74) is 1.42. The van der Waals surface area contributed by atoms with Crippen molar-refractivity contribution in [2.75, 3.05) is 13.1 Å². The van der Waals surface area contributed by atoms with E-state index in [-0.39, 0.29) is 5.54 Å². The molecule has 1 N–H and O–H groups in total. The molecule has 120 valence electrons. The summed E-state index contributed by atoms with van der Waals surface area (Å²) in [4.78, 5) is 2.63. The van der Waals surface area contributed by atoms with Crippen LogP contribution in [-0.2, 0) is 6.54 Å². The Balaban J connectivity index is 2.12. The topological polar surface area (TPSA) is 33.1 Å². The Labute approximate surface area is 129 Å². The molecule has 2 rings (SSSR count). The molecule has 1 aliphatic rings. The first kappa shape index (κ1) is 16.5. The molecule has 2 atom stereocenters. The fourth-order valence-corrected chi connectivity index (χ4v) is 2.98. The predicted octanol–water partition coefficient (Wildman–Crippen LogP) is 3.06. The molecule has 2 heterocycles. The molecule has 0 saturated carbocycles. The van der Waals surface area contributed by atoms with Gasteiger partial charge < -0.3 is 5.32 Å². The molecule has 0 amide bonds. The highest BCUT2D eigenvalue weighted by Crippen LogP contribution is 2.26. The smallest absolute Gasteiger partial charge is 0.0765 e. The van der Waals surface area contributed by atoms with E-state index in [1.807, 2.05) is 0 Å². The zero-order valence-electron chi connectivity index (χ0n) is 14.6. The first-order chi connectivity index (χ1) is 9.85. The van der Waals surface area contributed by atoms with Crippen LogP contribution < -0.4 is 5.32 Å². The van der Waals surface area contributed by atoms with Crippen molar-refractivity contribution < 1.29 is 0 Å². The van der Waals surface area contributed by atoms with Crippen LogP contribution in [0.25, 0.3) is 0 Å². The van der Waals surface area contributed by atoms with Crippen LogP contribution in [0, 0.1) is 5.92 Å². The molecule has 1 aliphatic heterocycles. The van der Waals surface area contributed by atoms with Gasteiger partial charge in [-0.05, 0) is 39.2 Å². The molecule has 0 spiro atoms. The molecule has 2 unspecified atom stereocenters. The van der Waals surface area contributed by atoms with E-state index < -0.39 is 0 Å². The average Bonchev–Trinajstić information content (AvgIpc) is 2.90. The number of aromatic nitrogens is 2. The standard InChI is InChI=1S/C17H32N4/c1-7-17(6)12-18-16(13(2)3)11-20(17)10-15-8-9-21(19-15)14(4)5/h8-9,13-14,16,18H,7,10-12H2,1-6H3. The Morgan fingerprint density at radius 1 is 1.38 bits per heavy atom. The van der Waals surface area contributed by atoms with Gasteiger partial charge in [0.2, 0.25) is 0 Å². The largest absolute Gasteiger partial charge is 0.311 e. The lowest BCUT2D eigenvalue weighted by Crippen LogP contribution is -2.63. The van der Waals surface area contributed by atoms with E-state index in [0.717, 1.165) is 26.1 Å². The highest BCUT2D eigenvalue weighted by atomic mass is 15.3. The summed E-state index contributed by atoms with van der Waals surface area (Å²) < 4.78 is 2.06. The normalized spacial score (nSPS) is 27.7. The second kappa shape index (κ2) is 6.49. The number of hydrogen-bond acceptors (Lipinski definition) is 3. The molecule has 0 aliphatic carbocycles. The van der Waals surface area contributed by atoms with Gasteiger partial charge in [-0.15, -0.1) is 0 Å². The van der Waals surface area contributed by atoms with Gasteiger partial charge >= 0.3 is 0 Å². The number of nitrogens with zero attached hydrogens (tertiary/aromatic N) is 3. The number of nitrogens with one attached hydrogen (secondary N) is 1. The molecule has 0 bridgehead atoms. The maximum Gasteiger partial charge on any atom is 0.0765 e. The lowest BCUT2D eigenvalue weighted by molar-refractivity contribution is 0.0305. The number of piperazine rings is 1. The molecular weight excluding hydrogens is 260 g/mol. The number of rotatable bonds is 5. The maximum atomic E-state index is 4.73.